The van der Waals surface area contributed by atoms with Crippen LogP contribution in [0.1, 0.15) is 6.92 Å². The van der Waals surface area contributed by atoms with Gasteiger partial charge in [-0.15, -0.1) is 0 Å². The van der Waals surface area contributed by atoms with Crippen molar-refractivity contribution in [1.29, 1.82) is 0 Å². The Kier molecular flexibility index (Phi) is 5.01. The molecule has 0 aliphatic carbocycles. The van der Waals surface area contributed by atoms with Crippen LogP contribution in [-0.4, -0.2) is 18.8 Å². The second-order valence-electron chi connectivity index (χ2n) is 6.20. The zero-order valence-corrected chi connectivity index (χ0v) is 15.3. The van der Waals surface area contributed by atoms with Gasteiger partial charge in [-0.05, 0) is 55.5 Å². The molecule has 0 saturated heterocycles. The highest BCUT2D eigenvalue weighted by Crippen LogP contribution is 2.34. The van der Waals surface area contributed by atoms with E-state index in [1.165, 1.54) is 0 Å². The van der Waals surface area contributed by atoms with E-state index in [2.05, 4.69) is 5.32 Å². The van der Waals surface area contributed by atoms with E-state index in [-0.39, 0.29) is 12.7 Å². The topological polar surface area (TPSA) is 66.0 Å². The number of fused-ring (bicyclic) bond motifs is 1. The maximum atomic E-state index is 12.4. The maximum absolute atomic E-state index is 12.4. The molecule has 1 amide bonds. The molecule has 4 rings (SSSR count). The number of para-hydroxylation sites is 1. The number of anilines is 1. The van der Waals surface area contributed by atoms with Crippen LogP contribution in [0.15, 0.2) is 72.8 Å². The summed E-state index contributed by atoms with van der Waals surface area (Å²) in [7, 11) is 0. The predicted octanol–water partition coefficient (Wildman–Crippen LogP) is 4.61. The lowest BCUT2D eigenvalue weighted by Gasteiger charge is -2.15. The van der Waals surface area contributed by atoms with Crippen LogP contribution in [0, 0.1) is 0 Å². The van der Waals surface area contributed by atoms with Gasteiger partial charge in [-0.2, -0.15) is 0 Å². The third-order valence-corrected chi connectivity index (χ3v) is 4.12. The van der Waals surface area contributed by atoms with E-state index in [1.807, 2.05) is 30.3 Å². The monoisotopic (exact) mass is 377 g/mol. The number of carbonyl (C=O) groups is 1. The minimum atomic E-state index is -0.675. The van der Waals surface area contributed by atoms with Crippen molar-refractivity contribution in [3.63, 3.8) is 0 Å². The predicted molar refractivity (Wildman–Crippen MR) is 104 cm³/mol. The third-order valence-electron chi connectivity index (χ3n) is 4.12. The molecule has 6 heteroatoms. The van der Waals surface area contributed by atoms with Gasteiger partial charge < -0.3 is 24.3 Å². The second-order valence-corrected chi connectivity index (χ2v) is 6.20. The highest BCUT2D eigenvalue weighted by atomic mass is 16.7. The first-order valence-corrected chi connectivity index (χ1v) is 8.87. The molecule has 142 valence electrons. The quantitative estimate of drug-likeness (QED) is 0.679. The van der Waals surface area contributed by atoms with Gasteiger partial charge in [-0.3, -0.25) is 4.79 Å². The van der Waals surface area contributed by atoms with Crippen molar-refractivity contribution < 1.29 is 23.7 Å². The van der Waals surface area contributed by atoms with Gasteiger partial charge >= 0.3 is 0 Å². The van der Waals surface area contributed by atoms with Crippen molar-refractivity contribution in [2.45, 2.75) is 13.0 Å². The molecule has 0 bridgehead atoms. The summed E-state index contributed by atoms with van der Waals surface area (Å²) in [5, 5.41) is 2.81. The Morgan fingerprint density at radius 3 is 2.36 bits per heavy atom. The van der Waals surface area contributed by atoms with Crippen molar-refractivity contribution in [3.8, 4) is 28.7 Å². The van der Waals surface area contributed by atoms with Crippen molar-refractivity contribution >= 4 is 11.6 Å². The number of hydrogen-bond donors (Lipinski definition) is 1. The SMILES string of the molecule is CC(Oc1ccc(Oc2ccccc2)cc1)C(=O)Nc1ccc2c(c1)OCO2. The second kappa shape index (κ2) is 7.92. The zero-order valence-electron chi connectivity index (χ0n) is 15.3. The Hall–Kier alpha value is -3.67. The Labute approximate surface area is 162 Å². The van der Waals surface area contributed by atoms with Gasteiger partial charge in [0.25, 0.3) is 5.91 Å². The molecule has 3 aromatic carbocycles. The van der Waals surface area contributed by atoms with Crippen LogP contribution in [0.25, 0.3) is 0 Å². The van der Waals surface area contributed by atoms with Crippen LogP contribution in [0.2, 0.25) is 0 Å². The smallest absolute Gasteiger partial charge is 0.265 e. The van der Waals surface area contributed by atoms with Gasteiger partial charge in [0.15, 0.2) is 17.6 Å². The minimum Gasteiger partial charge on any atom is -0.481 e. The van der Waals surface area contributed by atoms with Gasteiger partial charge in [0, 0.05) is 11.8 Å². The number of hydrogen-bond acceptors (Lipinski definition) is 5. The van der Waals surface area contributed by atoms with Crippen LogP contribution in [0.3, 0.4) is 0 Å². The van der Waals surface area contributed by atoms with Crippen molar-refractivity contribution in [2.24, 2.45) is 0 Å². The number of nitrogens with one attached hydrogen (secondary N) is 1. The van der Waals surface area contributed by atoms with Gasteiger partial charge in [0.1, 0.15) is 17.2 Å². The van der Waals surface area contributed by atoms with Crippen LogP contribution in [-0.2, 0) is 4.79 Å². The summed E-state index contributed by atoms with van der Waals surface area (Å²) in [6, 6.07) is 21.9. The molecule has 1 N–H and O–H groups in total. The largest absolute Gasteiger partial charge is 0.481 e. The van der Waals surface area contributed by atoms with E-state index < -0.39 is 6.10 Å². The number of rotatable bonds is 6. The molecular weight excluding hydrogens is 358 g/mol. The molecule has 1 heterocycles. The first-order valence-electron chi connectivity index (χ1n) is 8.87. The molecule has 1 aliphatic heterocycles. The average Bonchev–Trinajstić information content (AvgIpc) is 3.18. The summed E-state index contributed by atoms with van der Waals surface area (Å²) >= 11 is 0. The maximum Gasteiger partial charge on any atom is 0.265 e. The summed E-state index contributed by atoms with van der Waals surface area (Å²) in [6.07, 6.45) is -0.675. The lowest BCUT2D eigenvalue weighted by atomic mass is 10.2. The van der Waals surface area contributed by atoms with Crippen LogP contribution < -0.4 is 24.3 Å². The van der Waals surface area contributed by atoms with Crippen LogP contribution in [0.4, 0.5) is 5.69 Å². The molecule has 3 aromatic rings. The molecule has 0 fully saturated rings. The summed E-state index contributed by atoms with van der Waals surface area (Å²) < 4.78 is 22.0. The Morgan fingerprint density at radius 2 is 1.57 bits per heavy atom. The summed E-state index contributed by atoms with van der Waals surface area (Å²) in [4.78, 5) is 12.4. The highest BCUT2D eigenvalue weighted by Gasteiger charge is 2.18. The van der Waals surface area contributed by atoms with E-state index in [9.17, 15) is 4.79 Å². The van der Waals surface area contributed by atoms with E-state index in [1.54, 1.807) is 49.4 Å². The molecule has 1 aliphatic rings. The molecule has 1 unspecified atom stereocenters. The molecule has 28 heavy (non-hydrogen) atoms. The fraction of sp³-hybridized carbons (Fsp3) is 0.136. The Balaban J connectivity index is 1.33. The molecule has 0 aromatic heterocycles. The molecule has 0 radical (unpaired) electrons. The van der Waals surface area contributed by atoms with Crippen molar-refractivity contribution in [2.75, 3.05) is 12.1 Å². The van der Waals surface area contributed by atoms with E-state index >= 15 is 0 Å². The van der Waals surface area contributed by atoms with Crippen LogP contribution in [0.5, 0.6) is 28.7 Å². The number of benzene rings is 3. The zero-order chi connectivity index (χ0) is 19.3. The fourth-order valence-corrected chi connectivity index (χ4v) is 2.69. The number of ether oxygens (including phenoxy) is 4. The first kappa shape index (κ1) is 17.7. The third kappa shape index (κ3) is 4.17. The average molecular weight is 377 g/mol. The van der Waals surface area contributed by atoms with Crippen molar-refractivity contribution in [3.05, 3.63) is 72.8 Å². The highest BCUT2D eigenvalue weighted by molar-refractivity contribution is 5.94. The lowest BCUT2D eigenvalue weighted by Crippen LogP contribution is -2.30. The molecule has 6 nitrogen and oxygen atoms in total. The first-order chi connectivity index (χ1) is 13.7. The van der Waals surface area contributed by atoms with Crippen molar-refractivity contribution in [1.82, 2.24) is 0 Å². The Bertz CT molecular complexity index is 956. The fourth-order valence-electron chi connectivity index (χ4n) is 2.69. The van der Waals surface area contributed by atoms with E-state index in [4.69, 9.17) is 18.9 Å². The number of amides is 1. The molecular formula is C22H19NO5. The van der Waals surface area contributed by atoms with Gasteiger partial charge in [0.05, 0.1) is 0 Å². The number of carbonyl (C=O) groups excluding carboxylic acids is 1. The van der Waals surface area contributed by atoms with Gasteiger partial charge in [-0.25, -0.2) is 0 Å². The van der Waals surface area contributed by atoms with E-state index in [0.29, 0.717) is 28.7 Å². The van der Waals surface area contributed by atoms with Crippen LogP contribution >= 0.6 is 0 Å². The lowest BCUT2D eigenvalue weighted by molar-refractivity contribution is -0.122. The molecule has 0 saturated carbocycles. The standard InChI is InChI=1S/C22H19NO5/c1-15(22(24)23-16-7-12-20-21(13-16)26-14-25-20)27-18-8-10-19(11-9-18)28-17-5-3-2-4-6-17/h2-13,15H,14H2,1H3,(H,23,24). The van der Waals surface area contributed by atoms with Gasteiger partial charge in [0.2, 0.25) is 6.79 Å². The molecule has 1 atom stereocenters. The summed E-state index contributed by atoms with van der Waals surface area (Å²) in [6.45, 7) is 1.88. The summed E-state index contributed by atoms with van der Waals surface area (Å²) in [5.41, 5.74) is 0.622. The van der Waals surface area contributed by atoms with E-state index in [0.717, 1.165) is 5.75 Å². The Morgan fingerprint density at radius 1 is 0.893 bits per heavy atom. The molecule has 0 spiro atoms. The van der Waals surface area contributed by atoms with Gasteiger partial charge in [-0.1, -0.05) is 18.2 Å². The summed E-state index contributed by atoms with van der Waals surface area (Å²) in [5.74, 6) is 3.04. The minimum absolute atomic E-state index is 0.191. The normalized spacial score (nSPS) is 12.9.